The molecule has 1 aromatic carbocycles. The van der Waals surface area contributed by atoms with Crippen molar-refractivity contribution in [3.63, 3.8) is 0 Å². The number of amides is 1. The molecule has 0 aromatic heterocycles. The molecule has 2 rings (SSSR count). The number of primary amides is 1. The minimum Gasteiger partial charge on any atom is -0.493 e. The highest BCUT2D eigenvalue weighted by Crippen LogP contribution is 2.29. The van der Waals surface area contributed by atoms with Gasteiger partial charge in [0.1, 0.15) is 4.99 Å². The van der Waals surface area contributed by atoms with E-state index in [1.807, 2.05) is 18.2 Å². The standard InChI is InChI=1S/C18H26N2O3S/c1-3-4-11-23-15-6-5-14(12-16(15)22-2)18(24)20-9-7-13(8-10-20)17(19)21/h5-6,12-13H,3-4,7-11H2,1-2H3,(H2,19,21). The lowest BCUT2D eigenvalue weighted by Crippen LogP contribution is -2.41. The summed E-state index contributed by atoms with van der Waals surface area (Å²) in [5, 5.41) is 0. The molecule has 1 fully saturated rings. The molecule has 1 amide bonds. The number of hydrogen-bond acceptors (Lipinski definition) is 4. The van der Waals surface area contributed by atoms with Crippen molar-refractivity contribution in [2.75, 3.05) is 26.8 Å². The first-order valence-corrected chi connectivity index (χ1v) is 8.87. The Labute approximate surface area is 149 Å². The van der Waals surface area contributed by atoms with E-state index in [1.54, 1.807) is 7.11 Å². The molecule has 0 unspecified atom stereocenters. The second-order valence-corrected chi connectivity index (χ2v) is 6.42. The first-order chi connectivity index (χ1) is 11.6. The molecule has 1 aliphatic rings. The van der Waals surface area contributed by atoms with Crippen LogP contribution in [0.1, 0.15) is 38.2 Å². The molecule has 0 aliphatic carbocycles. The number of unbranched alkanes of at least 4 members (excludes halogenated alkanes) is 1. The highest BCUT2D eigenvalue weighted by atomic mass is 32.1. The summed E-state index contributed by atoms with van der Waals surface area (Å²) in [6, 6.07) is 5.79. The maximum Gasteiger partial charge on any atom is 0.220 e. The van der Waals surface area contributed by atoms with Gasteiger partial charge in [-0.2, -0.15) is 0 Å². The van der Waals surface area contributed by atoms with Crippen molar-refractivity contribution in [1.82, 2.24) is 4.90 Å². The molecule has 1 saturated heterocycles. The molecule has 1 aromatic rings. The third kappa shape index (κ3) is 4.60. The summed E-state index contributed by atoms with van der Waals surface area (Å²) in [7, 11) is 1.63. The van der Waals surface area contributed by atoms with E-state index in [9.17, 15) is 4.79 Å². The maximum atomic E-state index is 11.3. The van der Waals surface area contributed by atoms with E-state index in [-0.39, 0.29) is 11.8 Å². The van der Waals surface area contributed by atoms with Crippen molar-refractivity contribution >= 4 is 23.1 Å². The van der Waals surface area contributed by atoms with Crippen molar-refractivity contribution < 1.29 is 14.3 Å². The minimum absolute atomic E-state index is 0.0343. The van der Waals surface area contributed by atoms with Crippen molar-refractivity contribution in [2.45, 2.75) is 32.6 Å². The number of nitrogens with two attached hydrogens (primary N) is 1. The van der Waals surface area contributed by atoms with Crippen molar-refractivity contribution in [3.05, 3.63) is 23.8 Å². The molecule has 0 atom stereocenters. The lowest BCUT2D eigenvalue weighted by Gasteiger charge is -2.32. The third-order valence-electron chi connectivity index (χ3n) is 4.35. The largest absolute Gasteiger partial charge is 0.493 e. The Kier molecular flexibility index (Phi) is 6.85. The van der Waals surface area contributed by atoms with Gasteiger partial charge in [-0.25, -0.2) is 0 Å². The predicted octanol–water partition coefficient (Wildman–Crippen LogP) is 2.75. The maximum absolute atomic E-state index is 11.3. The third-order valence-corrected chi connectivity index (χ3v) is 4.84. The highest BCUT2D eigenvalue weighted by molar-refractivity contribution is 7.80. The number of carbonyl (C=O) groups excluding carboxylic acids is 1. The molecule has 1 heterocycles. The van der Waals surface area contributed by atoms with E-state index in [0.717, 1.165) is 55.1 Å². The average Bonchev–Trinajstić information content (AvgIpc) is 2.61. The number of ether oxygens (including phenoxy) is 2. The van der Waals surface area contributed by atoms with E-state index in [1.165, 1.54) is 0 Å². The minimum atomic E-state index is -0.212. The summed E-state index contributed by atoms with van der Waals surface area (Å²) in [5.74, 6) is 1.19. The van der Waals surface area contributed by atoms with Crippen LogP contribution in [-0.2, 0) is 4.79 Å². The number of rotatable bonds is 7. The van der Waals surface area contributed by atoms with Crippen LogP contribution in [0.15, 0.2) is 18.2 Å². The number of likely N-dealkylation sites (tertiary alicyclic amines) is 1. The molecule has 0 saturated carbocycles. The van der Waals surface area contributed by atoms with Gasteiger partial charge in [0.2, 0.25) is 5.91 Å². The van der Waals surface area contributed by atoms with Crippen LogP contribution >= 0.6 is 12.2 Å². The second-order valence-electron chi connectivity index (χ2n) is 6.04. The van der Waals surface area contributed by atoms with E-state index in [0.29, 0.717) is 12.4 Å². The van der Waals surface area contributed by atoms with Crippen LogP contribution in [0.5, 0.6) is 11.5 Å². The fourth-order valence-electron chi connectivity index (χ4n) is 2.80. The topological polar surface area (TPSA) is 64.8 Å². The fourth-order valence-corrected chi connectivity index (χ4v) is 3.11. The highest BCUT2D eigenvalue weighted by Gasteiger charge is 2.25. The van der Waals surface area contributed by atoms with Gasteiger partial charge >= 0.3 is 0 Å². The molecule has 0 radical (unpaired) electrons. The Morgan fingerprint density at radius 1 is 1.33 bits per heavy atom. The van der Waals surface area contributed by atoms with Crippen LogP contribution in [0.25, 0.3) is 0 Å². The van der Waals surface area contributed by atoms with Gasteiger partial charge in [-0.3, -0.25) is 4.79 Å². The van der Waals surface area contributed by atoms with Crippen LogP contribution in [0.2, 0.25) is 0 Å². The SMILES string of the molecule is CCCCOc1ccc(C(=S)N2CCC(C(N)=O)CC2)cc1OC. The molecule has 6 heteroatoms. The van der Waals surface area contributed by atoms with Gasteiger partial charge in [-0.1, -0.05) is 25.6 Å². The molecule has 0 spiro atoms. The van der Waals surface area contributed by atoms with Gasteiger partial charge in [-0.05, 0) is 37.5 Å². The molecule has 1 aliphatic heterocycles. The zero-order valence-electron chi connectivity index (χ0n) is 14.4. The summed E-state index contributed by atoms with van der Waals surface area (Å²) in [6.45, 7) is 4.31. The molecule has 5 nitrogen and oxygen atoms in total. The van der Waals surface area contributed by atoms with Crippen molar-refractivity contribution in [1.29, 1.82) is 0 Å². The van der Waals surface area contributed by atoms with Gasteiger partial charge < -0.3 is 20.1 Å². The summed E-state index contributed by atoms with van der Waals surface area (Å²) < 4.78 is 11.2. The lowest BCUT2D eigenvalue weighted by atomic mass is 9.96. The van der Waals surface area contributed by atoms with Gasteiger partial charge in [0.25, 0.3) is 0 Å². The van der Waals surface area contributed by atoms with E-state index >= 15 is 0 Å². The van der Waals surface area contributed by atoms with Crippen LogP contribution < -0.4 is 15.2 Å². The van der Waals surface area contributed by atoms with E-state index < -0.39 is 0 Å². The van der Waals surface area contributed by atoms with Gasteiger partial charge in [0.15, 0.2) is 11.5 Å². The quantitative estimate of drug-likeness (QED) is 0.605. The Morgan fingerprint density at radius 3 is 2.62 bits per heavy atom. The Balaban J connectivity index is 2.03. The van der Waals surface area contributed by atoms with Crippen LogP contribution in [0.4, 0.5) is 0 Å². The van der Waals surface area contributed by atoms with Gasteiger partial charge in [0, 0.05) is 24.6 Å². The molecular formula is C18H26N2O3S. The average molecular weight is 350 g/mol. The van der Waals surface area contributed by atoms with Crippen molar-refractivity contribution in [3.8, 4) is 11.5 Å². The van der Waals surface area contributed by atoms with Crippen LogP contribution in [0.3, 0.4) is 0 Å². The Morgan fingerprint density at radius 2 is 2.04 bits per heavy atom. The predicted molar refractivity (Wildman–Crippen MR) is 98.6 cm³/mol. The summed E-state index contributed by atoms with van der Waals surface area (Å²) in [6.07, 6.45) is 3.61. The summed E-state index contributed by atoms with van der Waals surface area (Å²) >= 11 is 5.62. The number of hydrogen-bond donors (Lipinski definition) is 1. The second kappa shape index (κ2) is 8.87. The number of thiocarbonyl (C=S) groups is 1. The fraction of sp³-hybridized carbons (Fsp3) is 0.556. The Hall–Kier alpha value is -1.82. The normalized spacial score (nSPS) is 15.2. The number of methoxy groups -OCH3 is 1. The first-order valence-electron chi connectivity index (χ1n) is 8.46. The Bertz CT molecular complexity index is 584. The molecule has 2 N–H and O–H groups in total. The smallest absolute Gasteiger partial charge is 0.220 e. The monoisotopic (exact) mass is 350 g/mol. The van der Waals surface area contributed by atoms with Gasteiger partial charge in [-0.15, -0.1) is 0 Å². The number of nitrogens with zero attached hydrogens (tertiary/aromatic N) is 1. The number of carbonyl (C=O) groups is 1. The number of piperidine rings is 1. The zero-order valence-corrected chi connectivity index (χ0v) is 15.2. The van der Waals surface area contributed by atoms with E-state index in [2.05, 4.69) is 11.8 Å². The van der Waals surface area contributed by atoms with Crippen LogP contribution in [-0.4, -0.2) is 42.6 Å². The van der Waals surface area contributed by atoms with Crippen molar-refractivity contribution in [2.24, 2.45) is 11.7 Å². The molecule has 132 valence electrons. The molecule has 0 bridgehead atoms. The first kappa shape index (κ1) is 18.5. The zero-order chi connectivity index (χ0) is 17.5. The van der Waals surface area contributed by atoms with Crippen LogP contribution in [0, 0.1) is 5.92 Å². The van der Waals surface area contributed by atoms with Gasteiger partial charge in [0.05, 0.1) is 13.7 Å². The molecule has 24 heavy (non-hydrogen) atoms. The summed E-state index contributed by atoms with van der Waals surface area (Å²) in [4.78, 5) is 14.2. The lowest BCUT2D eigenvalue weighted by molar-refractivity contribution is -0.122. The molecular weight excluding hydrogens is 324 g/mol. The number of benzene rings is 1. The summed E-state index contributed by atoms with van der Waals surface area (Å²) in [5.41, 5.74) is 6.32. The van der Waals surface area contributed by atoms with E-state index in [4.69, 9.17) is 27.4 Å².